The highest BCUT2D eigenvalue weighted by molar-refractivity contribution is 5.74. The molecule has 0 bridgehead atoms. The Labute approximate surface area is 155 Å². The Balaban J connectivity index is 1.98. The first-order valence-electron chi connectivity index (χ1n) is 8.84. The van der Waals surface area contributed by atoms with Gasteiger partial charge in [0.1, 0.15) is 5.76 Å². The predicted octanol–water partition coefficient (Wildman–Crippen LogP) is 2.60. The van der Waals surface area contributed by atoms with Gasteiger partial charge in [-0.15, -0.1) is 0 Å². The Hall–Kier alpha value is -3.09. The van der Waals surface area contributed by atoms with Gasteiger partial charge >= 0.3 is 11.5 Å². The van der Waals surface area contributed by atoms with E-state index in [9.17, 15) is 9.59 Å². The van der Waals surface area contributed by atoms with Crippen LogP contribution in [0.4, 0.5) is 0 Å². The van der Waals surface area contributed by atoms with Crippen molar-refractivity contribution in [3.63, 3.8) is 0 Å². The maximum atomic E-state index is 13.2. The molecule has 7 nitrogen and oxygen atoms in total. The second-order valence-corrected chi connectivity index (χ2v) is 8.00. The van der Waals surface area contributed by atoms with Crippen LogP contribution in [0.15, 0.2) is 44.5 Å². The lowest BCUT2D eigenvalue weighted by Gasteiger charge is -2.13. The summed E-state index contributed by atoms with van der Waals surface area (Å²) in [5.74, 6) is 1.04. The summed E-state index contributed by atoms with van der Waals surface area (Å²) in [7, 11) is 1.62. The quantitative estimate of drug-likeness (QED) is 0.546. The SMILES string of the molecule is Cc1ccc(Cn2c(=O)c3c(nc4oc(C(C)(C)C)cn43)n(C)c2=O)cc1. The highest BCUT2D eigenvalue weighted by Gasteiger charge is 2.24. The van der Waals surface area contributed by atoms with E-state index < -0.39 is 5.69 Å². The highest BCUT2D eigenvalue weighted by atomic mass is 16.4. The number of nitrogens with zero attached hydrogens (tertiary/aromatic N) is 4. The minimum Gasteiger partial charge on any atom is -0.428 e. The van der Waals surface area contributed by atoms with Gasteiger partial charge in [-0.1, -0.05) is 50.6 Å². The maximum absolute atomic E-state index is 13.2. The van der Waals surface area contributed by atoms with Crippen LogP contribution in [0.25, 0.3) is 17.0 Å². The lowest BCUT2D eigenvalue weighted by atomic mass is 9.94. The van der Waals surface area contributed by atoms with Crippen LogP contribution in [0.3, 0.4) is 0 Å². The molecule has 4 rings (SSSR count). The third kappa shape index (κ3) is 2.70. The molecule has 0 aliphatic rings. The molecular weight excluding hydrogens is 344 g/mol. The molecule has 0 unspecified atom stereocenters. The topological polar surface area (TPSA) is 74.4 Å². The average molecular weight is 366 g/mol. The zero-order valence-corrected chi connectivity index (χ0v) is 16.1. The number of benzene rings is 1. The number of aromatic nitrogens is 4. The van der Waals surface area contributed by atoms with Crippen molar-refractivity contribution >= 4 is 17.0 Å². The van der Waals surface area contributed by atoms with Crippen LogP contribution >= 0.6 is 0 Å². The molecule has 0 aliphatic heterocycles. The smallest absolute Gasteiger partial charge is 0.332 e. The molecule has 3 aromatic heterocycles. The van der Waals surface area contributed by atoms with Gasteiger partial charge in [0.2, 0.25) is 0 Å². The van der Waals surface area contributed by atoms with Gasteiger partial charge in [-0.25, -0.2) is 4.79 Å². The van der Waals surface area contributed by atoms with Gasteiger partial charge in [0, 0.05) is 12.5 Å². The van der Waals surface area contributed by atoms with E-state index in [4.69, 9.17) is 4.42 Å². The van der Waals surface area contributed by atoms with Gasteiger partial charge < -0.3 is 4.42 Å². The van der Waals surface area contributed by atoms with Gasteiger partial charge in [-0.3, -0.25) is 18.3 Å². The van der Waals surface area contributed by atoms with Gasteiger partial charge in [0.25, 0.3) is 5.56 Å². The summed E-state index contributed by atoms with van der Waals surface area (Å²) in [6, 6.07) is 7.78. The lowest BCUT2D eigenvalue weighted by molar-refractivity contribution is 0.425. The van der Waals surface area contributed by atoms with Gasteiger partial charge in [0.15, 0.2) is 11.2 Å². The first-order chi connectivity index (χ1) is 12.7. The zero-order valence-electron chi connectivity index (χ0n) is 16.1. The average Bonchev–Trinajstić information content (AvgIpc) is 3.16. The number of oxazole rings is 1. The number of imidazole rings is 1. The summed E-state index contributed by atoms with van der Waals surface area (Å²) in [5.41, 5.74) is 1.70. The Kier molecular flexibility index (Phi) is 3.66. The fourth-order valence-corrected chi connectivity index (χ4v) is 3.12. The minimum atomic E-state index is -0.398. The van der Waals surface area contributed by atoms with Crippen molar-refractivity contribution in [3.05, 3.63) is 68.2 Å². The number of hydrogen-bond donors (Lipinski definition) is 0. The summed E-state index contributed by atoms with van der Waals surface area (Å²) in [6.07, 6.45) is 1.78. The summed E-state index contributed by atoms with van der Waals surface area (Å²) in [4.78, 5) is 30.3. The molecule has 0 atom stereocenters. The van der Waals surface area contributed by atoms with E-state index in [2.05, 4.69) is 4.98 Å². The molecule has 0 fully saturated rings. The molecule has 27 heavy (non-hydrogen) atoms. The molecule has 0 amide bonds. The Morgan fingerprint density at radius 2 is 1.78 bits per heavy atom. The molecule has 0 N–H and O–H groups in total. The molecule has 3 heterocycles. The number of fused-ring (bicyclic) bond motifs is 3. The minimum absolute atomic E-state index is 0.207. The van der Waals surface area contributed by atoms with E-state index >= 15 is 0 Å². The molecule has 0 spiro atoms. The second kappa shape index (κ2) is 5.70. The molecule has 0 radical (unpaired) electrons. The fraction of sp³-hybridized carbons (Fsp3) is 0.350. The van der Waals surface area contributed by atoms with E-state index in [1.807, 2.05) is 52.0 Å². The van der Waals surface area contributed by atoms with Crippen LogP contribution in [0.2, 0.25) is 0 Å². The second-order valence-electron chi connectivity index (χ2n) is 8.00. The molecule has 0 saturated heterocycles. The van der Waals surface area contributed by atoms with Crippen LogP contribution < -0.4 is 11.2 Å². The molecule has 0 aliphatic carbocycles. The molecule has 7 heteroatoms. The first kappa shape index (κ1) is 17.3. The van der Waals surface area contributed by atoms with Gasteiger partial charge in [0.05, 0.1) is 12.7 Å². The molecule has 4 aromatic rings. The Morgan fingerprint density at radius 1 is 1.11 bits per heavy atom. The van der Waals surface area contributed by atoms with E-state index in [0.29, 0.717) is 17.0 Å². The summed E-state index contributed by atoms with van der Waals surface area (Å²) >= 11 is 0. The monoisotopic (exact) mass is 366 g/mol. The first-order valence-corrected chi connectivity index (χ1v) is 8.84. The van der Waals surface area contributed by atoms with Crippen LogP contribution in [0.5, 0.6) is 0 Å². The lowest BCUT2D eigenvalue weighted by Crippen LogP contribution is -2.39. The van der Waals surface area contributed by atoms with E-state index in [-0.39, 0.29) is 17.5 Å². The van der Waals surface area contributed by atoms with Crippen LogP contribution in [0, 0.1) is 6.92 Å². The molecule has 1 aromatic carbocycles. The predicted molar refractivity (Wildman–Crippen MR) is 103 cm³/mol. The van der Waals surface area contributed by atoms with Crippen LogP contribution in [0.1, 0.15) is 37.7 Å². The molecule has 140 valence electrons. The van der Waals surface area contributed by atoms with Gasteiger partial charge in [-0.2, -0.15) is 4.98 Å². The third-order valence-electron chi connectivity index (χ3n) is 4.79. The number of rotatable bonds is 2. The van der Waals surface area contributed by atoms with Crippen molar-refractivity contribution < 1.29 is 4.42 Å². The molecular formula is C20H22N4O3. The van der Waals surface area contributed by atoms with Gasteiger partial charge in [-0.05, 0) is 12.5 Å². The zero-order chi connectivity index (χ0) is 19.5. The number of aryl methyl sites for hydroxylation is 2. The number of hydrogen-bond acceptors (Lipinski definition) is 4. The summed E-state index contributed by atoms with van der Waals surface area (Å²) in [5, 5.41) is 0. The fourth-order valence-electron chi connectivity index (χ4n) is 3.12. The van der Waals surface area contributed by atoms with Crippen molar-refractivity contribution in [1.82, 2.24) is 18.5 Å². The van der Waals surface area contributed by atoms with Crippen molar-refractivity contribution in [2.24, 2.45) is 7.05 Å². The van der Waals surface area contributed by atoms with E-state index in [0.717, 1.165) is 16.9 Å². The Bertz CT molecular complexity index is 1280. The van der Waals surface area contributed by atoms with Crippen molar-refractivity contribution in [2.45, 2.75) is 39.7 Å². The Morgan fingerprint density at radius 3 is 2.41 bits per heavy atom. The van der Waals surface area contributed by atoms with Crippen molar-refractivity contribution in [3.8, 4) is 0 Å². The van der Waals surface area contributed by atoms with Crippen molar-refractivity contribution in [2.75, 3.05) is 0 Å². The summed E-state index contributed by atoms with van der Waals surface area (Å²) in [6.45, 7) is 8.28. The molecule has 0 saturated carbocycles. The van der Waals surface area contributed by atoms with Crippen LogP contribution in [-0.2, 0) is 19.0 Å². The van der Waals surface area contributed by atoms with E-state index in [1.165, 1.54) is 9.13 Å². The highest BCUT2D eigenvalue weighted by Crippen LogP contribution is 2.26. The third-order valence-corrected chi connectivity index (χ3v) is 4.79. The maximum Gasteiger partial charge on any atom is 0.332 e. The largest absolute Gasteiger partial charge is 0.428 e. The summed E-state index contributed by atoms with van der Waals surface area (Å²) < 4.78 is 10.1. The van der Waals surface area contributed by atoms with Crippen LogP contribution in [-0.4, -0.2) is 18.5 Å². The van der Waals surface area contributed by atoms with E-state index in [1.54, 1.807) is 17.6 Å². The van der Waals surface area contributed by atoms with Crippen molar-refractivity contribution in [1.29, 1.82) is 0 Å². The standard InChI is InChI=1S/C20H22N4O3/c1-12-6-8-13(9-7-12)10-24-17(25)15-16(22(5)19(24)26)21-18-23(15)11-14(27-18)20(2,3)4/h6-9,11H,10H2,1-5H3. The normalized spacial score (nSPS) is 12.3.